The molecule has 4 rings (SSSR count). The lowest BCUT2D eigenvalue weighted by molar-refractivity contribution is 0.102. The molecule has 5 nitrogen and oxygen atoms in total. The number of para-hydroxylation sites is 1. The molecular weight excluding hydrogens is 374 g/mol. The Kier molecular flexibility index (Phi) is 5.35. The van der Waals surface area contributed by atoms with Crippen LogP contribution < -0.4 is 10.1 Å². The summed E-state index contributed by atoms with van der Waals surface area (Å²) in [6.45, 7) is 3.89. The van der Waals surface area contributed by atoms with E-state index in [9.17, 15) is 4.79 Å². The molecular formula is C25H23N3O2. The molecule has 1 N–H and O–H groups in total. The van der Waals surface area contributed by atoms with Crippen LogP contribution in [0.1, 0.15) is 21.6 Å². The number of aryl methyl sites for hydroxylation is 1. The lowest BCUT2D eigenvalue weighted by atomic mass is 10.1. The van der Waals surface area contributed by atoms with E-state index in [1.165, 1.54) is 0 Å². The zero-order chi connectivity index (χ0) is 21.1. The number of carbonyl (C=O) groups excluding carboxylic acids is 1. The van der Waals surface area contributed by atoms with Crippen LogP contribution in [0.4, 0.5) is 5.69 Å². The summed E-state index contributed by atoms with van der Waals surface area (Å²) >= 11 is 0. The first-order valence-corrected chi connectivity index (χ1v) is 9.75. The average molecular weight is 397 g/mol. The number of methoxy groups -OCH3 is 1. The van der Waals surface area contributed by atoms with E-state index in [2.05, 4.69) is 5.32 Å². The Balaban J connectivity index is 1.83. The number of nitrogens with zero attached hydrogens (tertiary/aromatic N) is 2. The van der Waals surface area contributed by atoms with Gasteiger partial charge in [0.25, 0.3) is 5.91 Å². The van der Waals surface area contributed by atoms with Gasteiger partial charge in [0.05, 0.1) is 29.7 Å². The number of ether oxygens (including phenoxy) is 1. The van der Waals surface area contributed by atoms with Crippen molar-refractivity contribution in [1.82, 2.24) is 9.78 Å². The second-order valence-corrected chi connectivity index (χ2v) is 7.08. The van der Waals surface area contributed by atoms with Crippen molar-refractivity contribution < 1.29 is 9.53 Å². The van der Waals surface area contributed by atoms with Crippen LogP contribution in [-0.2, 0) is 0 Å². The van der Waals surface area contributed by atoms with Crippen LogP contribution in [0.3, 0.4) is 0 Å². The van der Waals surface area contributed by atoms with E-state index in [0.717, 1.165) is 22.5 Å². The van der Waals surface area contributed by atoms with Crippen LogP contribution in [0.5, 0.6) is 5.75 Å². The minimum atomic E-state index is -0.225. The largest absolute Gasteiger partial charge is 0.495 e. The molecule has 0 unspecified atom stereocenters. The standard InChI is InChI=1S/C25H23N3O2/c1-17-14-15-22(30-3)21(16-17)26-25(29)23-18(2)28(20-12-8-5-9-13-20)27-24(23)19-10-6-4-7-11-19/h4-16H,1-3H3,(H,26,29). The van der Waals surface area contributed by atoms with Gasteiger partial charge in [0.15, 0.2) is 0 Å². The van der Waals surface area contributed by atoms with Crippen LogP contribution in [0, 0.1) is 13.8 Å². The number of amides is 1. The number of carbonyl (C=O) groups is 1. The third-order valence-corrected chi connectivity index (χ3v) is 4.99. The van der Waals surface area contributed by atoms with Crippen molar-refractivity contribution in [2.24, 2.45) is 0 Å². The number of anilines is 1. The topological polar surface area (TPSA) is 56.1 Å². The van der Waals surface area contributed by atoms with Gasteiger partial charge in [-0.2, -0.15) is 5.10 Å². The Hall–Kier alpha value is -3.86. The predicted octanol–water partition coefficient (Wildman–Crippen LogP) is 5.42. The Labute approximate surface area is 175 Å². The molecule has 1 amide bonds. The van der Waals surface area contributed by atoms with Gasteiger partial charge in [0.1, 0.15) is 11.4 Å². The third kappa shape index (κ3) is 3.70. The number of rotatable bonds is 5. The highest BCUT2D eigenvalue weighted by Gasteiger charge is 2.24. The molecule has 1 heterocycles. The lowest BCUT2D eigenvalue weighted by Crippen LogP contribution is -2.15. The quantitative estimate of drug-likeness (QED) is 0.489. The zero-order valence-corrected chi connectivity index (χ0v) is 17.2. The molecule has 0 bridgehead atoms. The fraction of sp³-hybridized carbons (Fsp3) is 0.120. The third-order valence-electron chi connectivity index (χ3n) is 4.99. The van der Waals surface area contributed by atoms with Crippen LogP contribution in [-0.4, -0.2) is 22.8 Å². The van der Waals surface area contributed by atoms with E-state index in [-0.39, 0.29) is 5.91 Å². The summed E-state index contributed by atoms with van der Waals surface area (Å²) in [7, 11) is 1.59. The number of nitrogens with one attached hydrogen (secondary N) is 1. The van der Waals surface area contributed by atoms with Crippen molar-refractivity contribution in [1.29, 1.82) is 0 Å². The first kappa shape index (κ1) is 19.5. The maximum Gasteiger partial charge on any atom is 0.259 e. The highest BCUT2D eigenvalue weighted by atomic mass is 16.5. The van der Waals surface area contributed by atoms with E-state index in [4.69, 9.17) is 9.84 Å². The van der Waals surface area contributed by atoms with Crippen molar-refractivity contribution >= 4 is 11.6 Å². The van der Waals surface area contributed by atoms with Crippen molar-refractivity contribution in [3.63, 3.8) is 0 Å². The number of hydrogen-bond donors (Lipinski definition) is 1. The van der Waals surface area contributed by atoms with E-state index in [1.807, 2.05) is 97.4 Å². The Morgan fingerprint density at radius 2 is 1.60 bits per heavy atom. The maximum absolute atomic E-state index is 13.4. The van der Waals surface area contributed by atoms with Gasteiger partial charge in [-0.1, -0.05) is 54.6 Å². The van der Waals surface area contributed by atoms with Crippen molar-refractivity contribution in [3.05, 3.63) is 95.7 Å². The number of benzene rings is 3. The molecule has 5 heteroatoms. The molecule has 0 atom stereocenters. The van der Waals surface area contributed by atoms with Gasteiger partial charge in [-0.3, -0.25) is 4.79 Å². The van der Waals surface area contributed by atoms with E-state index >= 15 is 0 Å². The fourth-order valence-corrected chi connectivity index (χ4v) is 3.50. The van der Waals surface area contributed by atoms with Gasteiger partial charge in [-0.25, -0.2) is 4.68 Å². The molecule has 0 saturated heterocycles. The zero-order valence-electron chi connectivity index (χ0n) is 17.2. The Morgan fingerprint density at radius 1 is 0.933 bits per heavy atom. The molecule has 0 aliphatic heterocycles. The van der Waals surface area contributed by atoms with Crippen LogP contribution in [0.2, 0.25) is 0 Å². The van der Waals surface area contributed by atoms with Crippen LogP contribution in [0.15, 0.2) is 78.9 Å². The summed E-state index contributed by atoms with van der Waals surface area (Å²) in [4.78, 5) is 13.4. The predicted molar refractivity (Wildman–Crippen MR) is 119 cm³/mol. The van der Waals surface area contributed by atoms with E-state index < -0.39 is 0 Å². The fourth-order valence-electron chi connectivity index (χ4n) is 3.50. The molecule has 0 saturated carbocycles. The Bertz CT molecular complexity index is 1180. The van der Waals surface area contributed by atoms with Crippen molar-refractivity contribution in [2.45, 2.75) is 13.8 Å². The number of aromatic nitrogens is 2. The summed E-state index contributed by atoms with van der Waals surface area (Å²) in [5, 5.41) is 7.81. The van der Waals surface area contributed by atoms with Gasteiger partial charge >= 0.3 is 0 Å². The highest BCUT2D eigenvalue weighted by molar-refractivity contribution is 6.09. The van der Waals surface area contributed by atoms with Crippen molar-refractivity contribution in [2.75, 3.05) is 12.4 Å². The van der Waals surface area contributed by atoms with Gasteiger partial charge in [0, 0.05) is 5.56 Å². The molecule has 150 valence electrons. The molecule has 0 spiro atoms. The first-order chi connectivity index (χ1) is 14.6. The second kappa shape index (κ2) is 8.25. The molecule has 0 aliphatic carbocycles. The molecule has 3 aromatic carbocycles. The Morgan fingerprint density at radius 3 is 2.27 bits per heavy atom. The SMILES string of the molecule is COc1ccc(C)cc1NC(=O)c1c(-c2ccccc2)nn(-c2ccccc2)c1C. The van der Waals surface area contributed by atoms with Crippen molar-refractivity contribution in [3.8, 4) is 22.7 Å². The molecule has 30 heavy (non-hydrogen) atoms. The summed E-state index contributed by atoms with van der Waals surface area (Å²) in [6.07, 6.45) is 0. The lowest BCUT2D eigenvalue weighted by Gasteiger charge is -2.12. The molecule has 0 fully saturated rings. The second-order valence-electron chi connectivity index (χ2n) is 7.08. The monoisotopic (exact) mass is 397 g/mol. The normalized spacial score (nSPS) is 10.6. The highest BCUT2D eigenvalue weighted by Crippen LogP contribution is 2.30. The van der Waals surface area contributed by atoms with E-state index in [0.29, 0.717) is 22.7 Å². The molecule has 4 aromatic rings. The first-order valence-electron chi connectivity index (χ1n) is 9.75. The smallest absolute Gasteiger partial charge is 0.259 e. The molecule has 1 aromatic heterocycles. The summed E-state index contributed by atoms with van der Waals surface area (Å²) < 4.78 is 7.23. The van der Waals surface area contributed by atoms with Gasteiger partial charge in [-0.05, 0) is 43.7 Å². The van der Waals surface area contributed by atoms with Gasteiger partial charge in [-0.15, -0.1) is 0 Å². The van der Waals surface area contributed by atoms with Gasteiger partial charge < -0.3 is 10.1 Å². The summed E-state index contributed by atoms with van der Waals surface area (Å²) in [5.74, 6) is 0.390. The average Bonchev–Trinajstić information content (AvgIpc) is 3.12. The van der Waals surface area contributed by atoms with Crippen LogP contribution >= 0.6 is 0 Å². The minimum Gasteiger partial charge on any atom is -0.495 e. The van der Waals surface area contributed by atoms with Crippen LogP contribution in [0.25, 0.3) is 16.9 Å². The molecule has 0 aliphatic rings. The molecule has 0 radical (unpaired) electrons. The van der Waals surface area contributed by atoms with E-state index in [1.54, 1.807) is 7.11 Å². The summed E-state index contributed by atoms with van der Waals surface area (Å²) in [6, 6.07) is 25.3. The van der Waals surface area contributed by atoms with Gasteiger partial charge in [0.2, 0.25) is 0 Å². The number of hydrogen-bond acceptors (Lipinski definition) is 3. The minimum absolute atomic E-state index is 0.225. The summed E-state index contributed by atoms with van der Waals surface area (Å²) in [5.41, 5.74) is 5.40. The maximum atomic E-state index is 13.4.